The summed E-state index contributed by atoms with van der Waals surface area (Å²) in [7, 11) is 1.49. The highest BCUT2D eigenvalue weighted by atomic mass is 16.5. The van der Waals surface area contributed by atoms with Gasteiger partial charge in [0.05, 0.1) is 12.8 Å². The molecule has 3 heterocycles. The van der Waals surface area contributed by atoms with Crippen LogP contribution >= 0.6 is 0 Å². The molecule has 7 heteroatoms. The van der Waals surface area contributed by atoms with Crippen molar-refractivity contribution in [3.63, 3.8) is 0 Å². The Morgan fingerprint density at radius 2 is 2.03 bits per heavy atom. The number of fused-ring (bicyclic) bond motifs is 1. The molecule has 0 aliphatic rings. The lowest BCUT2D eigenvalue weighted by molar-refractivity contribution is 0.0947. The molecule has 144 valence electrons. The standard InChI is InChI=1S/C22H17N3O4/c1-28-19-6-2-4-15-10-17(22(27)29-20(15)19)21(26)25-12-14-7-8-18(24-11-14)16-5-3-9-23-13-16/h2-11,13H,12H2,1H3,(H,25,26). The normalized spacial score (nSPS) is 10.7. The van der Waals surface area contributed by atoms with E-state index in [1.165, 1.54) is 13.2 Å². The number of hydrogen-bond donors (Lipinski definition) is 1. The van der Waals surface area contributed by atoms with Crippen LogP contribution in [-0.4, -0.2) is 23.0 Å². The van der Waals surface area contributed by atoms with Gasteiger partial charge in [0, 0.05) is 36.1 Å². The van der Waals surface area contributed by atoms with E-state index in [9.17, 15) is 9.59 Å². The van der Waals surface area contributed by atoms with Gasteiger partial charge in [-0.05, 0) is 35.9 Å². The Hall–Kier alpha value is -4.00. The van der Waals surface area contributed by atoms with Crippen LogP contribution in [0.3, 0.4) is 0 Å². The maximum atomic E-state index is 12.5. The fraction of sp³-hybridized carbons (Fsp3) is 0.0909. The van der Waals surface area contributed by atoms with Gasteiger partial charge in [0.2, 0.25) is 0 Å². The molecule has 1 amide bonds. The number of nitrogens with zero attached hydrogens (tertiary/aromatic N) is 2. The molecule has 0 saturated heterocycles. The van der Waals surface area contributed by atoms with Crippen molar-refractivity contribution < 1.29 is 13.9 Å². The van der Waals surface area contributed by atoms with Gasteiger partial charge in [0.25, 0.3) is 5.91 Å². The van der Waals surface area contributed by atoms with Crippen molar-refractivity contribution in [3.8, 4) is 17.0 Å². The van der Waals surface area contributed by atoms with Crippen LogP contribution in [0.25, 0.3) is 22.2 Å². The molecule has 4 aromatic rings. The van der Waals surface area contributed by atoms with Crippen molar-refractivity contribution in [2.24, 2.45) is 0 Å². The molecule has 4 rings (SSSR count). The predicted octanol–water partition coefficient (Wildman–Crippen LogP) is 3.19. The third kappa shape index (κ3) is 3.84. The highest BCUT2D eigenvalue weighted by Gasteiger charge is 2.15. The van der Waals surface area contributed by atoms with Gasteiger partial charge in [0.1, 0.15) is 5.56 Å². The lowest BCUT2D eigenvalue weighted by atomic mass is 10.1. The molecule has 0 saturated carbocycles. The molecule has 0 aliphatic heterocycles. The number of methoxy groups -OCH3 is 1. The molecule has 0 bridgehead atoms. The average molecular weight is 387 g/mol. The van der Waals surface area contributed by atoms with Gasteiger partial charge >= 0.3 is 5.63 Å². The molecule has 0 atom stereocenters. The minimum Gasteiger partial charge on any atom is -0.493 e. The molecular formula is C22H17N3O4. The summed E-state index contributed by atoms with van der Waals surface area (Å²) in [6.07, 6.45) is 5.11. The van der Waals surface area contributed by atoms with E-state index in [2.05, 4.69) is 15.3 Å². The van der Waals surface area contributed by atoms with Crippen LogP contribution in [0, 0.1) is 0 Å². The zero-order chi connectivity index (χ0) is 20.2. The molecule has 1 N–H and O–H groups in total. The summed E-state index contributed by atoms with van der Waals surface area (Å²) >= 11 is 0. The Balaban J connectivity index is 1.50. The third-order valence-electron chi connectivity index (χ3n) is 4.42. The van der Waals surface area contributed by atoms with Crippen molar-refractivity contribution >= 4 is 16.9 Å². The van der Waals surface area contributed by atoms with Gasteiger partial charge in [-0.3, -0.25) is 14.8 Å². The van der Waals surface area contributed by atoms with Crippen molar-refractivity contribution in [1.29, 1.82) is 0 Å². The zero-order valence-electron chi connectivity index (χ0n) is 15.6. The Labute approximate surface area is 166 Å². The Bertz CT molecular complexity index is 1220. The summed E-state index contributed by atoms with van der Waals surface area (Å²) in [6, 6.07) is 14.2. The van der Waals surface area contributed by atoms with E-state index in [0.29, 0.717) is 16.7 Å². The zero-order valence-corrected chi connectivity index (χ0v) is 15.6. The number of ether oxygens (including phenoxy) is 1. The molecule has 0 spiro atoms. The fourth-order valence-electron chi connectivity index (χ4n) is 2.93. The minimum absolute atomic E-state index is 0.0642. The fourth-order valence-corrected chi connectivity index (χ4v) is 2.93. The summed E-state index contributed by atoms with van der Waals surface area (Å²) in [4.78, 5) is 33.2. The molecule has 1 aromatic carbocycles. The highest BCUT2D eigenvalue weighted by molar-refractivity contribution is 5.97. The number of rotatable bonds is 5. The number of pyridine rings is 2. The van der Waals surface area contributed by atoms with Crippen LogP contribution in [0.1, 0.15) is 15.9 Å². The number of benzene rings is 1. The summed E-state index contributed by atoms with van der Waals surface area (Å²) in [6.45, 7) is 0.231. The first-order valence-electron chi connectivity index (χ1n) is 8.90. The average Bonchev–Trinajstić information content (AvgIpc) is 2.77. The van der Waals surface area contributed by atoms with Gasteiger partial charge in [-0.1, -0.05) is 18.2 Å². The first-order chi connectivity index (χ1) is 14.2. The van der Waals surface area contributed by atoms with Crippen LogP contribution in [-0.2, 0) is 6.54 Å². The third-order valence-corrected chi connectivity index (χ3v) is 4.42. The molecule has 3 aromatic heterocycles. The quantitative estimate of drug-likeness (QED) is 0.529. The van der Waals surface area contributed by atoms with E-state index in [1.807, 2.05) is 24.3 Å². The number of hydrogen-bond acceptors (Lipinski definition) is 6. The molecule has 0 fully saturated rings. The lowest BCUT2D eigenvalue weighted by Gasteiger charge is -2.07. The van der Waals surface area contributed by atoms with E-state index >= 15 is 0 Å². The van der Waals surface area contributed by atoms with Gasteiger partial charge in [0.15, 0.2) is 11.3 Å². The van der Waals surface area contributed by atoms with Crippen LogP contribution in [0.4, 0.5) is 0 Å². The summed E-state index contributed by atoms with van der Waals surface area (Å²) in [5.41, 5.74) is 2.03. The number of nitrogens with one attached hydrogen (secondary N) is 1. The highest BCUT2D eigenvalue weighted by Crippen LogP contribution is 2.24. The van der Waals surface area contributed by atoms with Crippen LogP contribution in [0.2, 0.25) is 0 Å². The second-order valence-corrected chi connectivity index (χ2v) is 6.30. The first kappa shape index (κ1) is 18.4. The van der Waals surface area contributed by atoms with E-state index < -0.39 is 11.5 Å². The number of amides is 1. The number of carbonyl (C=O) groups excluding carboxylic acids is 1. The van der Waals surface area contributed by atoms with E-state index in [4.69, 9.17) is 9.15 Å². The lowest BCUT2D eigenvalue weighted by Crippen LogP contribution is -2.27. The van der Waals surface area contributed by atoms with Crippen molar-refractivity contribution in [3.05, 3.63) is 88.7 Å². The second-order valence-electron chi connectivity index (χ2n) is 6.30. The van der Waals surface area contributed by atoms with E-state index in [0.717, 1.165) is 16.8 Å². The Kier molecular flexibility index (Phi) is 5.03. The van der Waals surface area contributed by atoms with Crippen molar-refractivity contribution in [1.82, 2.24) is 15.3 Å². The summed E-state index contributed by atoms with van der Waals surface area (Å²) in [5, 5.41) is 3.33. The monoisotopic (exact) mass is 387 g/mol. The summed E-state index contributed by atoms with van der Waals surface area (Å²) < 4.78 is 10.5. The van der Waals surface area contributed by atoms with Gasteiger partial charge in [-0.25, -0.2) is 4.79 Å². The van der Waals surface area contributed by atoms with Gasteiger partial charge in [-0.2, -0.15) is 0 Å². The molecular weight excluding hydrogens is 370 g/mol. The van der Waals surface area contributed by atoms with E-state index in [1.54, 1.807) is 36.8 Å². The van der Waals surface area contributed by atoms with Gasteiger partial charge < -0.3 is 14.5 Å². The number of carbonyl (C=O) groups is 1. The largest absolute Gasteiger partial charge is 0.493 e. The maximum Gasteiger partial charge on any atom is 0.349 e. The SMILES string of the molecule is COc1cccc2cc(C(=O)NCc3ccc(-c4cccnc4)nc3)c(=O)oc12. The number of para-hydroxylation sites is 1. The van der Waals surface area contributed by atoms with Gasteiger partial charge in [-0.15, -0.1) is 0 Å². The van der Waals surface area contributed by atoms with E-state index in [-0.39, 0.29) is 12.1 Å². The molecule has 0 radical (unpaired) electrons. The topological polar surface area (TPSA) is 94.3 Å². The number of aromatic nitrogens is 2. The Morgan fingerprint density at radius 1 is 1.14 bits per heavy atom. The first-order valence-corrected chi connectivity index (χ1v) is 8.90. The smallest absolute Gasteiger partial charge is 0.349 e. The summed E-state index contributed by atoms with van der Waals surface area (Å²) in [5.74, 6) is -0.0776. The molecule has 7 nitrogen and oxygen atoms in total. The Morgan fingerprint density at radius 3 is 2.76 bits per heavy atom. The van der Waals surface area contributed by atoms with Crippen LogP contribution < -0.4 is 15.7 Å². The molecule has 0 aliphatic carbocycles. The van der Waals surface area contributed by atoms with Crippen LogP contribution in [0.15, 0.2) is 76.3 Å². The van der Waals surface area contributed by atoms with Crippen molar-refractivity contribution in [2.75, 3.05) is 7.11 Å². The van der Waals surface area contributed by atoms with Crippen LogP contribution in [0.5, 0.6) is 5.75 Å². The molecule has 0 unspecified atom stereocenters. The minimum atomic E-state index is -0.718. The molecule has 29 heavy (non-hydrogen) atoms. The predicted molar refractivity (Wildman–Crippen MR) is 108 cm³/mol. The maximum absolute atomic E-state index is 12.5. The van der Waals surface area contributed by atoms with Crippen molar-refractivity contribution in [2.45, 2.75) is 6.54 Å². The second kappa shape index (κ2) is 7.93.